The first-order valence-electron chi connectivity index (χ1n) is 16.7. The van der Waals surface area contributed by atoms with E-state index < -0.39 is 33.5 Å². The number of nitrogens with one attached hydrogen (secondary N) is 3. The highest BCUT2D eigenvalue weighted by molar-refractivity contribution is 9.10. The summed E-state index contributed by atoms with van der Waals surface area (Å²) in [5, 5.41) is 23.9. The molecule has 0 aliphatic heterocycles. The van der Waals surface area contributed by atoms with Crippen LogP contribution in [0.3, 0.4) is 0 Å². The summed E-state index contributed by atoms with van der Waals surface area (Å²) < 4.78 is 108. The minimum absolute atomic E-state index is 0.00717. The number of rotatable bonds is 11. The third kappa shape index (κ3) is 8.90. The fourth-order valence-electron chi connectivity index (χ4n) is 5.72. The molecule has 0 amide bonds. The van der Waals surface area contributed by atoms with E-state index in [-0.39, 0.29) is 30.1 Å². The molecule has 0 unspecified atom stereocenters. The average molecular weight is 869 g/mol. The second kappa shape index (κ2) is 16.1. The number of imidazole rings is 2. The SMILES string of the molecule is CS(=O)(=O)Nc1ccc(-c2cnc3c(NCCCO)nc4cc(C(F)(F)F)ccc4n23)cc1.OCCCNc1nc2cc(C(F)(F)F)ccc2n2c(Br)cnc12. The zero-order valence-electron chi connectivity index (χ0n) is 29.1. The summed E-state index contributed by atoms with van der Waals surface area (Å²) >= 11 is 3.34. The van der Waals surface area contributed by atoms with Crippen LogP contribution in [-0.2, 0) is 22.4 Å². The number of aliphatic hydroxyl groups is 2. The largest absolute Gasteiger partial charge is 0.416 e. The van der Waals surface area contributed by atoms with Gasteiger partial charge in [-0.25, -0.2) is 28.4 Å². The molecule has 5 N–H and O–H groups in total. The number of halogens is 7. The Kier molecular flexibility index (Phi) is 11.6. The third-order valence-corrected chi connectivity index (χ3v) is 9.36. The molecule has 0 aliphatic carbocycles. The van der Waals surface area contributed by atoms with Gasteiger partial charge in [0.25, 0.3) is 0 Å². The molecule has 7 rings (SSSR count). The highest BCUT2D eigenvalue weighted by atomic mass is 79.9. The van der Waals surface area contributed by atoms with Crippen molar-refractivity contribution in [1.29, 1.82) is 0 Å². The number of aliphatic hydroxyl groups excluding tert-OH is 2. The highest BCUT2D eigenvalue weighted by Gasteiger charge is 2.32. The van der Waals surface area contributed by atoms with Gasteiger partial charge in [0.1, 0.15) is 4.60 Å². The van der Waals surface area contributed by atoms with E-state index in [1.165, 1.54) is 12.1 Å². The topological polar surface area (TPSA) is 171 Å². The summed E-state index contributed by atoms with van der Waals surface area (Å²) in [5.74, 6) is 0.660. The van der Waals surface area contributed by atoms with Crippen LogP contribution in [0, 0.1) is 0 Å². The molecule has 0 saturated heterocycles. The fraction of sp³-hybridized carbons (Fsp3) is 0.257. The maximum Gasteiger partial charge on any atom is 0.416 e. The Hall–Kier alpha value is -5.25. The Bertz CT molecular complexity index is 2630. The second-order valence-corrected chi connectivity index (χ2v) is 14.9. The van der Waals surface area contributed by atoms with Crippen molar-refractivity contribution in [2.24, 2.45) is 0 Å². The Morgan fingerprint density at radius 3 is 1.68 bits per heavy atom. The number of hydrogen-bond acceptors (Lipinski definition) is 10. The lowest BCUT2D eigenvalue weighted by Crippen LogP contribution is -2.09. The summed E-state index contributed by atoms with van der Waals surface area (Å²) in [7, 11) is -3.43. The Labute approximate surface area is 322 Å². The molecule has 0 spiro atoms. The molecule has 0 fully saturated rings. The van der Waals surface area contributed by atoms with Crippen LogP contribution in [0.2, 0.25) is 0 Å². The van der Waals surface area contributed by atoms with Crippen LogP contribution in [0.5, 0.6) is 0 Å². The van der Waals surface area contributed by atoms with Crippen molar-refractivity contribution in [2.75, 3.05) is 47.9 Å². The normalized spacial score (nSPS) is 12.3. The van der Waals surface area contributed by atoms with Gasteiger partial charge in [-0.15, -0.1) is 0 Å². The fourth-order valence-corrected chi connectivity index (χ4v) is 6.75. The van der Waals surface area contributed by atoms with E-state index in [9.17, 15) is 34.8 Å². The van der Waals surface area contributed by atoms with E-state index in [1.807, 2.05) is 0 Å². The second-order valence-electron chi connectivity index (χ2n) is 12.3. The molecule has 0 radical (unpaired) electrons. The van der Waals surface area contributed by atoms with Crippen molar-refractivity contribution in [3.63, 3.8) is 0 Å². The van der Waals surface area contributed by atoms with Crippen LogP contribution in [-0.4, -0.2) is 79.9 Å². The quantitative estimate of drug-likeness (QED) is 0.0663. The van der Waals surface area contributed by atoms with Crippen molar-refractivity contribution < 1.29 is 45.0 Å². The molecule has 0 atom stereocenters. The maximum atomic E-state index is 13.3. The van der Waals surface area contributed by atoms with Crippen LogP contribution >= 0.6 is 15.9 Å². The van der Waals surface area contributed by atoms with Crippen LogP contribution in [0.4, 0.5) is 43.7 Å². The highest BCUT2D eigenvalue weighted by Crippen LogP contribution is 2.35. The molecule has 4 heterocycles. The van der Waals surface area contributed by atoms with Gasteiger partial charge in [-0.2, -0.15) is 26.3 Å². The molecule has 56 heavy (non-hydrogen) atoms. The van der Waals surface area contributed by atoms with Gasteiger partial charge < -0.3 is 20.8 Å². The van der Waals surface area contributed by atoms with Gasteiger partial charge in [0.2, 0.25) is 10.0 Å². The van der Waals surface area contributed by atoms with Crippen molar-refractivity contribution >= 4 is 76.6 Å². The van der Waals surface area contributed by atoms with Gasteiger partial charge >= 0.3 is 12.4 Å². The van der Waals surface area contributed by atoms with Crippen molar-refractivity contribution in [3.8, 4) is 11.3 Å². The minimum atomic E-state index is -4.52. The van der Waals surface area contributed by atoms with E-state index in [2.05, 4.69) is 51.2 Å². The van der Waals surface area contributed by atoms with Crippen LogP contribution in [0.1, 0.15) is 24.0 Å². The molecule has 21 heteroatoms. The molecular weight excluding hydrogens is 836 g/mol. The van der Waals surface area contributed by atoms with Crippen molar-refractivity contribution in [3.05, 3.63) is 88.8 Å². The first-order chi connectivity index (χ1) is 26.5. The van der Waals surface area contributed by atoms with E-state index in [0.29, 0.717) is 75.6 Å². The van der Waals surface area contributed by atoms with Gasteiger partial charge in [0.15, 0.2) is 22.9 Å². The predicted molar refractivity (Wildman–Crippen MR) is 203 cm³/mol. The molecule has 3 aromatic carbocycles. The summed E-state index contributed by atoms with van der Waals surface area (Å²) in [5.41, 5.74) is 2.26. The van der Waals surface area contributed by atoms with E-state index >= 15 is 0 Å². The van der Waals surface area contributed by atoms with Crippen LogP contribution in [0.15, 0.2) is 77.7 Å². The molecule has 13 nitrogen and oxygen atoms in total. The van der Waals surface area contributed by atoms with E-state index in [0.717, 1.165) is 30.5 Å². The van der Waals surface area contributed by atoms with Gasteiger partial charge in [-0.1, -0.05) is 12.1 Å². The van der Waals surface area contributed by atoms with E-state index in [4.69, 9.17) is 10.2 Å². The summed E-state index contributed by atoms with van der Waals surface area (Å²) in [6.07, 6.45) is -3.84. The lowest BCUT2D eigenvalue weighted by atomic mass is 10.1. The lowest BCUT2D eigenvalue weighted by molar-refractivity contribution is -0.138. The van der Waals surface area contributed by atoms with Gasteiger partial charge in [-0.05, 0) is 77.3 Å². The molecule has 0 aliphatic rings. The number of sulfonamides is 1. The first kappa shape index (κ1) is 40.4. The maximum absolute atomic E-state index is 13.3. The predicted octanol–water partition coefficient (Wildman–Crippen LogP) is 7.19. The average Bonchev–Trinajstić information content (AvgIpc) is 3.76. The number of anilines is 3. The number of hydrogen-bond donors (Lipinski definition) is 5. The zero-order valence-corrected chi connectivity index (χ0v) is 31.5. The smallest absolute Gasteiger partial charge is 0.396 e. The molecular formula is C35H32BrF6N9O4S. The monoisotopic (exact) mass is 867 g/mol. The molecule has 0 saturated carbocycles. The first-order valence-corrected chi connectivity index (χ1v) is 19.4. The van der Waals surface area contributed by atoms with E-state index in [1.54, 1.807) is 45.5 Å². The zero-order chi connectivity index (χ0) is 40.4. The summed E-state index contributed by atoms with van der Waals surface area (Å²) in [6, 6.07) is 13.3. The third-order valence-electron chi connectivity index (χ3n) is 8.19. The molecule has 296 valence electrons. The van der Waals surface area contributed by atoms with Crippen LogP contribution < -0.4 is 15.4 Å². The molecule has 0 bridgehead atoms. The molecule has 7 aromatic rings. The van der Waals surface area contributed by atoms with Crippen LogP contribution in [0.25, 0.3) is 44.6 Å². The number of benzene rings is 3. The number of nitrogens with zero attached hydrogens (tertiary/aromatic N) is 6. The summed E-state index contributed by atoms with van der Waals surface area (Å²) in [4.78, 5) is 17.3. The van der Waals surface area contributed by atoms with Crippen molar-refractivity contribution in [2.45, 2.75) is 25.2 Å². The van der Waals surface area contributed by atoms with Crippen molar-refractivity contribution in [1.82, 2.24) is 28.7 Å². The lowest BCUT2D eigenvalue weighted by Gasteiger charge is -2.13. The van der Waals surface area contributed by atoms with Gasteiger partial charge in [0.05, 0.1) is 57.5 Å². The Balaban J connectivity index is 0.000000202. The van der Waals surface area contributed by atoms with Gasteiger partial charge in [0, 0.05) is 37.6 Å². The Morgan fingerprint density at radius 2 is 1.20 bits per heavy atom. The number of fused-ring (bicyclic) bond motifs is 6. The minimum Gasteiger partial charge on any atom is -0.396 e. The standard InChI is InChI=1S/C21H20F3N5O3S.C14H12BrF3N4O/c1-33(31,32)28-15-6-3-13(4-7-15)18-12-26-20-19(25-9-2-10-30)27-16-11-14(21(22,23)24)5-8-17(16)29(18)20;15-11-7-20-13-12(19-4-1-5-23)21-9-6-8(14(16,17)18)2-3-10(9)22(11)13/h3-8,11-12,28,30H,2,9-10H2,1H3,(H,25,27);2-3,6-7,23H,1,4-5H2,(H,19,21). The number of aromatic nitrogens is 6. The summed E-state index contributed by atoms with van der Waals surface area (Å²) in [6.45, 7) is 0.752. The molecule has 4 aromatic heterocycles. The van der Waals surface area contributed by atoms with Gasteiger partial charge in [-0.3, -0.25) is 13.5 Å². The Morgan fingerprint density at radius 1 is 0.714 bits per heavy atom. The number of alkyl halides is 6.